The first kappa shape index (κ1) is 20.7. The lowest BCUT2D eigenvalue weighted by atomic mass is 10.0. The number of nitrogens with zero attached hydrogens (tertiary/aromatic N) is 1. The molecular formula is C24H23FN2O4. The van der Waals surface area contributed by atoms with E-state index in [4.69, 9.17) is 9.47 Å². The molecule has 0 bridgehead atoms. The average Bonchev–Trinajstić information content (AvgIpc) is 3.32. The molecular weight excluding hydrogens is 399 g/mol. The van der Waals surface area contributed by atoms with Crippen molar-refractivity contribution in [3.8, 4) is 16.9 Å². The summed E-state index contributed by atoms with van der Waals surface area (Å²) in [4.78, 5) is 24.8. The van der Waals surface area contributed by atoms with Crippen molar-refractivity contribution in [1.82, 2.24) is 4.57 Å². The van der Waals surface area contributed by atoms with Crippen LogP contribution in [0.1, 0.15) is 17.5 Å². The summed E-state index contributed by atoms with van der Waals surface area (Å²) in [5.74, 6) is -0.714. The number of benzene rings is 2. The number of aryl methyl sites for hydroxylation is 1. The first-order chi connectivity index (χ1) is 15.0. The summed E-state index contributed by atoms with van der Waals surface area (Å²) in [6.07, 6.45) is 2.30. The minimum atomic E-state index is -0.821. The predicted octanol–water partition coefficient (Wildman–Crippen LogP) is 4.16. The number of hydrogen-bond donors (Lipinski definition) is 1. The van der Waals surface area contributed by atoms with Crippen LogP contribution in [0.2, 0.25) is 0 Å². The lowest BCUT2D eigenvalue weighted by molar-refractivity contribution is -0.143. The Labute approximate surface area is 179 Å². The molecule has 1 unspecified atom stereocenters. The molecule has 0 aliphatic carbocycles. The van der Waals surface area contributed by atoms with Gasteiger partial charge < -0.3 is 19.4 Å². The summed E-state index contributed by atoms with van der Waals surface area (Å²) in [5, 5.41) is 2.95. The molecule has 2 aromatic carbocycles. The number of aromatic nitrogens is 1. The number of methoxy groups -OCH3 is 1. The second kappa shape index (κ2) is 8.63. The molecule has 1 aliphatic heterocycles. The van der Waals surface area contributed by atoms with E-state index in [1.807, 2.05) is 42.0 Å². The fourth-order valence-electron chi connectivity index (χ4n) is 3.80. The standard InChI is InChI=1S/C24H23FN2O4/c1-15-13-27(14-16-3-7-18(25)8-4-16)22(26-23(28)20-11-12-31-24(20)29)21(15)17-5-9-19(30-2)10-6-17/h3-10,13,20H,11-12,14H2,1-2H3,(H,26,28). The van der Waals surface area contributed by atoms with E-state index >= 15 is 0 Å². The van der Waals surface area contributed by atoms with Gasteiger partial charge in [0.25, 0.3) is 0 Å². The maximum atomic E-state index is 13.3. The molecule has 1 fully saturated rings. The number of amides is 1. The van der Waals surface area contributed by atoms with E-state index in [2.05, 4.69) is 5.32 Å². The third-order valence-electron chi connectivity index (χ3n) is 5.41. The molecule has 1 aliphatic rings. The monoisotopic (exact) mass is 422 g/mol. The largest absolute Gasteiger partial charge is 0.497 e. The summed E-state index contributed by atoms with van der Waals surface area (Å²) >= 11 is 0. The number of halogens is 1. The molecule has 1 saturated heterocycles. The van der Waals surface area contributed by atoms with Gasteiger partial charge in [0.15, 0.2) is 0 Å². The van der Waals surface area contributed by atoms with Gasteiger partial charge in [-0.1, -0.05) is 24.3 Å². The summed E-state index contributed by atoms with van der Waals surface area (Å²) in [6.45, 7) is 2.64. The third-order valence-corrected chi connectivity index (χ3v) is 5.41. The zero-order valence-corrected chi connectivity index (χ0v) is 17.4. The fraction of sp³-hybridized carbons (Fsp3) is 0.250. The van der Waals surface area contributed by atoms with Crippen LogP contribution in [0.4, 0.5) is 10.2 Å². The molecule has 0 saturated carbocycles. The second-order valence-electron chi connectivity index (χ2n) is 7.52. The molecule has 160 valence electrons. The van der Waals surface area contributed by atoms with Crippen LogP contribution < -0.4 is 10.1 Å². The van der Waals surface area contributed by atoms with Crippen molar-refractivity contribution in [3.05, 3.63) is 71.7 Å². The Morgan fingerprint density at radius 3 is 2.52 bits per heavy atom. The Bertz CT molecular complexity index is 1100. The third kappa shape index (κ3) is 4.30. The van der Waals surface area contributed by atoms with Gasteiger partial charge in [0, 0.05) is 24.7 Å². The molecule has 6 nitrogen and oxygen atoms in total. The minimum Gasteiger partial charge on any atom is -0.497 e. The average molecular weight is 422 g/mol. The van der Waals surface area contributed by atoms with E-state index in [0.717, 1.165) is 28.0 Å². The van der Waals surface area contributed by atoms with Crippen molar-refractivity contribution < 1.29 is 23.5 Å². The number of anilines is 1. The van der Waals surface area contributed by atoms with Crippen LogP contribution in [0.5, 0.6) is 5.75 Å². The summed E-state index contributed by atoms with van der Waals surface area (Å²) in [7, 11) is 1.60. The zero-order chi connectivity index (χ0) is 22.0. The van der Waals surface area contributed by atoms with Crippen LogP contribution >= 0.6 is 0 Å². The smallest absolute Gasteiger partial charge is 0.318 e. The van der Waals surface area contributed by atoms with Gasteiger partial charge in [0.1, 0.15) is 23.3 Å². The molecule has 3 aromatic rings. The number of rotatable bonds is 6. The maximum absolute atomic E-state index is 13.3. The van der Waals surface area contributed by atoms with Gasteiger partial charge >= 0.3 is 5.97 Å². The highest BCUT2D eigenvalue weighted by Gasteiger charge is 2.34. The van der Waals surface area contributed by atoms with E-state index in [0.29, 0.717) is 18.8 Å². The van der Waals surface area contributed by atoms with Crippen molar-refractivity contribution in [3.63, 3.8) is 0 Å². The molecule has 1 N–H and O–H groups in total. The Hall–Kier alpha value is -3.61. The van der Waals surface area contributed by atoms with Gasteiger partial charge in [-0.2, -0.15) is 0 Å². The van der Waals surface area contributed by atoms with Gasteiger partial charge in [-0.15, -0.1) is 0 Å². The number of hydrogen-bond acceptors (Lipinski definition) is 4. The highest BCUT2D eigenvalue weighted by molar-refractivity contribution is 6.06. The highest BCUT2D eigenvalue weighted by atomic mass is 19.1. The molecule has 1 amide bonds. The van der Waals surface area contributed by atoms with Crippen molar-refractivity contribution in [2.24, 2.45) is 5.92 Å². The lowest BCUT2D eigenvalue weighted by Gasteiger charge is -2.15. The molecule has 7 heteroatoms. The number of carbonyl (C=O) groups is 2. The highest BCUT2D eigenvalue weighted by Crippen LogP contribution is 2.35. The lowest BCUT2D eigenvalue weighted by Crippen LogP contribution is -2.27. The minimum absolute atomic E-state index is 0.248. The van der Waals surface area contributed by atoms with Gasteiger partial charge in [-0.3, -0.25) is 9.59 Å². The van der Waals surface area contributed by atoms with Crippen LogP contribution in [0.25, 0.3) is 11.1 Å². The number of cyclic esters (lactones) is 1. The Morgan fingerprint density at radius 1 is 1.19 bits per heavy atom. The summed E-state index contributed by atoms with van der Waals surface area (Å²) < 4.78 is 25.4. The van der Waals surface area contributed by atoms with Gasteiger partial charge in [-0.25, -0.2) is 4.39 Å². The second-order valence-corrected chi connectivity index (χ2v) is 7.52. The number of carbonyl (C=O) groups excluding carboxylic acids is 2. The van der Waals surface area contributed by atoms with Crippen LogP contribution in [0, 0.1) is 18.7 Å². The Balaban J connectivity index is 1.73. The van der Waals surface area contributed by atoms with Crippen LogP contribution in [-0.2, 0) is 20.9 Å². The molecule has 4 rings (SSSR count). The van der Waals surface area contributed by atoms with Gasteiger partial charge in [0.05, 0.1) is 13.7 Å². The molecule has 31 heavy (non-hydrogen) atoms. The number of esters is 1. The predicted molar refractivity (Wildman–Crippen MR) is 114 cm³/mol. The SMILES string of the molecule is COc1ccc(-c2c(C)cn(Cc3ccc(F)cc3)c2NC(=O)C2CCOC2=O)cc1. The normalized spacial score (nSPS) is 15.6. The molecule has 0 radical (unpaired) electrons. The van der Waals surface area contributed by atoms with Crippen molar-refractivity contribution in [1.29, 1.82) is 0 Å². The van der Waals surface area contributed by atoms with Gasteiger partial charge in [0.2, 0.25) is 5.91 Å². The van der Waals surface area contributed by atoms with Crippen LogP contribution in [0.15, 0.2) is 54.7 Å². The number of nitrogens with one attached hydrogen (secondary N) is 1. The molecule has 1 aromatic heterocycles. The summed E-state index contributed by atoms with van der Waals surface area (Å²) in [5.41, 5.74) is 3.59. The van der Waals surface area contributed by atoms with E-state index in [1.54, 1.807) is 19.2 Å². The van der Waals surface area contributed by atoms with Crippen LogP contribution in [0.3, 0.4) is 0 Å². The van der Waals surface area contributed by atoms with Gasteiger partial charge in [-0.05, 0) is 47.9 Å². The summed E-state index contributed by atoms with van der Waals surface area (Å²) in [6, 6.07) is 13.8. The molecule has 1 atom stereocenters. The van der Waals surface area contributed by atoms with E-state index in [-0.39, 0.29) is 12.4 Å². The quantitative estimate of drug-likeness (QED) is 0.478. The Morgan fingerprint density at radius 2 is 1.90 bits per heavy atom. The maximum Gasteiger partial charge on any atom is 0.318 e. The van der Waals surface area contributed by atoms with Crippen molar-refractivity contribution in [2.75, 3.05) is 19.0 Å². The topological polar surface area (TPSA) is 69.6 Å². The van der Waals surface area contributed by atoms with Crippen molar-refractivity contribution in [2.45, 2.75) is 19.9 Å². The molecule has 0 spiro atoms. The number of ether oxygens (including phenoxy) is 2. The Kier molecular flexibility index (Phi) is 5.75. The van der Waals surface area contributed by atoms with Crippen molar-refractivity contribution >= 4 is 17.7 Å². The first-order valence-corrected chi connectivity index (χ1v) is 10.0. The first-order valence-electron chi connectivity index (χ1n) is 10.0. The van der Waals surface area contributed by atoms with E-state index in [1.165, 1.54) is 12.1 Å². The fourth-order valence-corrected chi connectivity index (χ4v) is 3.80. The zero-order valence-electron chi connectivity index (χ0n) is 17.4. The van der Waals surface area contributed by atoms with E-state index in [9.17, 15) is 14.0 Å². The molecule has 2 heterocycles. The van der Waals surface area contributed by atoms with E-state index < -0.39 is 17.8 Å². The van der Waals surface area contributed by atoms with Crippen LogP contribution in [-0.4, -0.2) is 30.2 Å².